The second-order valence-electron chi connectivity index (χ2n) is 4.09. The Labute approximate surface area is 118 Å². The number of tetrazole rings is 1. The molecule has 0 saturated heterocycles. The number of anilines is 1. The molecule has 0 saturated carbocycles. The molecule has 0 spiro atoms. The van der Waals surface area contributed by atoms with Gasteiger partial charge in [-0.25, -0.2) is 4.39 Å². The Bertz CT molecular complexity index is 754. The zero-order valence-corrected chi connectivity index (χ0v) is 10.9. The molecule has 0 fully saturated rings. The van der Waals surface area contributed by atoms with Crippen LogP contribution in [0.5, 0.6) is 0 Å². The first-order chi connectivity index (χ1) is 9.66. The monoisotopic (exact) mass is 289 g/mol. The molecule has 2 N–H and O–H groups in total. The molecule has 0 aliphatic heterocycles. The molecular formula is C13H9ClFN5. The molecule has 0 atom stereocenters. The van der Waals surface area contributed by atoms with Gasteiger partial charge in [0.05, 0.1) is 16.4 Å². The second-order valence-corrected chi connectivity index (χ2v) is 4.50. The van der Waals surface area contributed by atoms with E-state index in [0.717, 1.165) is 0 Å². The fourth-order valence-corrected chi connectivity index (χ4v) is 2.02. The van der Waals surface area contributed by atoms with Crippen LogP contribution in [-0.2, 0) is 0 Å². The van der Waals surface area contributed by atoms with Gasteiger partial charge in [-0.05, 0) is 46.8 Å². The highest BCUT2D eigenvalue weighted by molar-refractivity contribution is 6.33. The smallest absolute Gasteiger partial charge is 0.189 e. The summed E-state index contributed by atoms with van der Waals surface area (Å²) in [7, 11) is 0. The molecule has 3 aromatic rings. The van der Waals surface area contributed by atoms with Crippen LogP contribution in [0.2, 0.25) is 5.02 Å². The number of nitrogens with zero attached hydrogens (tertiary/aromatic N) is 4. The van der Waals surface area contributed by atoms with E-state index < -0.39 is 0 Å². The Balaban J connectivity index is 2.15. The third kappa shape index (κ3) is 2.10. The fourth-order valence-electron chi connectivity index (χ4n) is 1.84. The van der Waals surface area contributed by atoms with Crippen LogP contribution < -0.4 is 5.73 Å². The van der Waals surface area contributed by atoms with Crippen molar-refractivity contribution in [2.75, 3.05) is 5.73 Å². The molecule has 0 bridgehead atoms. The summed E-state index contributed by atoms with van der Waals surface area (Å²) in [4.78, 5) is 0. The van der Waals surface area contributed by atoms with Crippen LogP contribution in [0.15, 0.2) is 42.5 Å². The predicted octanol–water partition coefficient (Wildman–Crippen LogP) is 2.70. The first kappa shape index (κ1) is 12.6. The first-order valence-electron chi connectivity index (χ1n) is 5.75. The average molecular weight is 290 g/mol. The molecule has 2 aromatic carbocycles. The number of para-hydroxylation sites is 1. The normalized spacial score (nSPS) is 10.7. The maximum atomic E-state index is 13.0. The molecule has 0 unspecified atom stereocenters. The molecule has 1 aromatic heterocycles. The van der Waals surface area contributed by atoms with Gasteiger partial charge >= 0.3 is 0 Å². The molecule has 0 aliphatic rings. The minimum absolute atomic E-state index is 0.328. The topological polar surface area (TPSA) is 69.6 Å². The maximum Gasteiger partial charge on any atom is 0.189 e. The maximum absolute atomic E-state index is 13.0. The van der Waals surface area contributed by atoms with Gasteiger partial charge < -0.3 is 5.73 Å². The largest absolute Gasteiger partial charge is 0.397 e. The van der Waals surface area contributed by atoms with E-state index in [1.165, 1.54) is 16.8 Å². The number of halogens is 2. The Hall–Kier alpha value is -2.47. The molecule has 5 nitrogen and oxygen atoms in total. The van der Waals surface area contributed by atoms with E-state index in [0.29, 0.717) is 27.8 Å². The van der Waals surface area contributed by atoms with Gasteiger partial charge in [0.25, 0.3) is 0 Å². The first-order valence-corrected chi connectivity index (χ1v) is 6.13. The molecule has 0 amide bonds. The van der Waals surface area contributed by atoms with E-state index in [1.807, 2.05) is 0 Å². The molecule has 100 valence electrons. The molecular weight excluding hydrogens is 281 g/mol. The Morgan fingerprint density at radius 2 is 1.85 bits per heavy atom. The van der Waals surface area contributed by atoms with Gasteiger partial charge in [0, 0.05) is 5.56 Å². The molecule has 20 heavy (non-hydrogen) atoms. The Morgan fingerprint density at radius 3 is 2.60 bits per heavy atom. The average Bonchev–Trinajstić information content (AvgIpc) is 2.92. The fraction of sp³-hybridized carbons (Fsp3) is 0. The van der Waals surface area contributed by atoms with Crippen molar-refractivity contribution < 1.29 is 4.39 Å². The van der Waals surface area contributed by atoms with Crippen LogP contribution in [0.25, 0.3) is 17.1 Å². The van der Waals surface area contributed by atoms with Crippen molar-refractivity contribution in [2.45, 2.75) is 0 Å². The van der Waals surface area contributed by atoms with Crippen LogP contribution >= 0.6 is 11.6 Å². The summed E-state index contributed by atoms with van der Waals surface area (Å²) >= 11 is 6.00. The highest BCUT2D eigenvalue weighted by atomic mass is 35.5. The Kier molecular flexibility index (Phi) is 3.08. The highest BCUT2D eigenvalue weighted by Crippen LogP contribution is 2.30. The lowest BCUT2D eigenvalue weighted by Crippen LogP contribution is -2.02. The summed E-state index contributed by atoms with van der Waals surface area (Å²) in [5.74, 6) is 0.113. The summed E-state index contributed by atoms with van der Waals surface area (Å²) < 4.78 is 14.4. The van der Waals surface area contributed by atoms with Crippen molar-refractivity contribution in [3.05, 3.63) is 53.3 Å². The Morgan fingerprint density at radius 1 is 1.10 bits per heavy atom. The summed E-state index contributed by atoms with van der Waals surface area (Å²) in [5.41, 5.74) is 7.59. The SMILES string of the molecule is Nc1c(Cl)cccc1-c1nnnn1-c1ccc(F)cc1. The quantitative estimate of drug-likeness (QED) is 0.736. The zero-order chi connectivity index (χ0) is 14.1. The lowest BCUT2D eigenvalue weighted by Gasteiger charge is -2.07. The van der Waals surface area contributed by atoms with E-state index in [-0.39, 0.29) is 5.82 Å². The molecule has 1 heterocycles. The molecule has 3 rings (SSSR count). The summed E-state index contributed by atoms with van der Waals surface area (Å²) in [5, 5.41) is 11.9. The van der Waals surface area contributed by atoms with Gasteiger partial charge in [0.1, 0.15) is 5.82 Å². The van der Waals surface area contributed by atoms with Crippen LogP contribution in [0, 0.1) is 5.82 Å². The van der Waals surface area contributed by atoms with Crippen molar-refractivity contribution in [3.8, 4) is 17.1 Å². The number of rotatable bonds is 2. The third-order valence-corrected chi connectivity index (χ3v) is 3.16. The van der Waals surface area contributed by atoms with Gasteiger partial charge in [0.2, 0.25) is 0 Å². The molecule has 0 radical (unpaired) electrons. The van der Waals surface area contributed by atoms with E-state index in [4.69, 9.17) is 17.3 Å². The van der Waals surface area contributed by atoms with Gasteiger partial charge in [0.15, 0.2) is 5.82 Å². The lowest BCUT2D eigenvalue weighted by atomic mass is 10.1. The minimum atomic E-state index is -0.328. The number of benzene rings is 2. The van der Waals surface area contributed by atoms with E-state index in [1.54, 1.807) is 30.3 Å². The third-order valence-electron chi connectivity index (χ3n) is 2.83. The second kappa shape index (κ2) is 4.90. The van der Waals surface area contributed by atoms with Crippen LogP contribution in [0.1, 0.15) is 0 Å². The highest BCUT2D eigenvalue weighted by Gasteiger charge is 2.14. The minimum Gasteiger partial charge on any atom is -0.397 e. The van der Waals surface area contributed by atoms with Crippen LogP contribution in [-0.4, -0.2) is 20.2 Å². The van der Waals surface area contributed by atoms with Gasteiger partial charge in [-0.15, -0.1) is 5.10 Å². The molecule has 7 heteroatoms. The van der Waals surface area contributed by atoms with Crippen molar-refractivity contribution in [3.63, 3.8) is 0 Å². The van der Waals surface area contributed by atoms with Gasteiger partial charge in [-0.2, -0.15) is 4.68 Å². The number of hydrogen-bond acceptors (Lipinski definition) is 4. The van der Waals surface area contributed by atoms with Crippen molar-refractivity contribution in [2.24, 2.45) is 0 Å². The number of aromatic nitrogens is 4. The number of nitrogens with two attached hydrogens (primary N) is 1. The number of nitrogen functional groups attached to an aromatic ring is 1. The van der Waals surface area contributed by atoms with Crippen LogP contribution in [0.4, 0.5) is 10.1 Å². The summed E-state index contributed by atoms with van der Waals surface area (Å²) in [6.07, 6.45) is 0. The van der Waals surface area contributed by atoms with E-state index in [9.17, 15) is 4.39 Å². The molecule has 0 aliphatic carbocycles. The lowest BCUT2D eigenvalue weighted by molar-refractivity contribution is 0.627. The predicted molar refractivity (Wildman–Crippen MR) is 74.0 cm³/mol. The zero-order valence-electron chi connectivity index (χ0n) is 10.2. The van der Waals surface area contributed by atoms with E-state index >= 15 is 0 Å². The van der Waals surface area contributed by atoms with Crippen LogP contribution in [0.3, 0.4) is 0 Å². The van der Waals surface area contributed by atoms with Crippen molar-refractivity contribution >= 4 is 17.3 Å². The van der Waals surface area contributed by atoms with E-state index in [2.05, 4.69) is 15.5 Å². The standard InChI is InChI=1S/C13H9ClFN5/c14-11-3-1-2-10(12(11)16)13-17-18-19-20(13)9-6-4-8(15)5-7-9/h1-7H,16H2. The van der Waals surface area contributed by atoms with Gasteiger partial charge in [-0.1, -0.05) is 17.7 Å². The summed E-state index contributed by atoms with van der Waals surface area (Å²) in [6.45, 7) is 0. The van der Waals surface area contributed by atoms with Crippen molar-refractivity contribution in [1.29, 1.82) is 0 Å². The number of hydrogen-bond donors (Lipinski definition) is 1. The van der Waals surface area contributed by atoms with Crippen molar-refractivity contribution in [1.82, 2.24) is 20.2 Å². The summed E-state index contributed by atoms with van der Waals surface area (Å²) in [6, 6.07) is 11.0. The van der Waals surface area contributed by atoms with Gasteiger partial charge in [-0.3, -0.25) is 0 Å².